The van der Waals surface area contributed by atoms with Crippen LogP contribution in [0.15, 0.2) is 71.8 Å². The van der Waals surface area contributed by atoms with Crippen LogP contribution in [0, 0.1) is 11.3 Å². The molecule has 0 atom stereocenters. The lowest BCUT2D eigenvalue weighted by molar-refractivity contribution is -0.207. The van der Waals surface area contributed by atoms with Crippen molar-refractivity contribution in [1.29, 1.82) is 5.41 Å². The van der Waals surface area contributed by atoms with Crippen molar-refractivity contribution in [3.8, 4) is 0 Å². The summed E-state index contributed by atoms with van der Waals surface area (Å²) in [6, 6.07) is 23.5. The van der Waals surface area contributed by atoms with Gasteiger partial charge in [-0.1, -0.05) is 36.4 Å². The van der Waals surface area contributed by atoms with Crippen LogP contribution < -0.4 is 10.8 Å². The summed E-state index contributed by atoms with van der Waals surface area (Å²) in [7, 11) is 2.02. The highest BCUT2D eigenvalue weighted by Gasteiger charge is 2.25. The standard InChI is InChI=1S/C27H29N5/c1-30-24-8-4-2-6-21(24)19-12-10-18(11-13-19)17-32-25-9-5-3-7-22(25)23-16-20(27(28)31-29)14-15-26(23)32/h2-9,14-16,18-19,28-30H,10-13,17H2,1H3/p+1. The first-order valence-electron chi connectivity index (χ1n) is 11.5. The van der Waals surface area contributed by atoms with E-state index < -0.39 is 0 Å². The molecule has 5 heteroatoms. The molecule has 1 fully saturated rings. The fourth-order valence-electron chi connectivity index (χ4n) is 5.47. The summed E-state index contributed by atoms with van der Waals surface area (Å²) in [5.74, 6) is 1.43. The number of hydrogen-bond donors (Lipinski definition) is 3. The van der Waals surface area contributed by atoms with Crippen LogP contribution in [0.4, 0.5) is 5.69 Å². The number of nitrogens with one attached hydrogen (secondary N) is 2. The molecular weight excluding hydrogens is 394 g/mol. The molecule has 0 aliphatic heterocycles. The lowest BCUT2D eigenvalue weighted by Gasteiger charge is -2.30. The van der Waals surface area contributed by atoms with Crippen LogP contribution in [0.25, 0.3) is 21.8 Å². The smallest absolute Gasteiger partial charge is 0.218 e. The number of anilines is 1. The predicted molar refractivity (Wildman–Crippen MR) is 131 cm³/mol. The third-order valence-electron chi connectivity index (χ3n) is 7.13. The van der Waals surface area contributed by atoms with Gasteiger partial charge in [-0.25, -0.2) is 0 Å². The van der Waals surface area contributed by atoms with Crippen molar-refractivity contribution in [3.05, 3.63) is 77.9 Å². The van der Waals surface area contributed by atoms with Crippen LogP contribution in [0.3, 0.4) is 0 Å². The van der Waals surface area contributed by atoms with Crippen LogP contribution in [0.1, 0.15) is 42.7 Å². The van der Waals surface area contributed by atoms with E-state index in [-0.39, 0.29) is 5.84 Å². The highest BCUT2D eigenvalue weighted by atomic mass is 15.0. The molecule has 4 aromatic rings. The average molecular weight is 425 g/mol. The number of nitrogens with two attached hydrogens (primary N) is 1. The third-order valence-corrected chi connectivity index (χ3v) is 7.13. The number of nitrogens with zero attached hydrogens (tertiary/aromatic N) is 2. The van der Waals surface area contributed by atoms with Gasteiger partial charge in [-0.2, -0.15) is 5.53 Å². The van der Waals surface area contributed by atoms with Gasteiger partial charge >= 0.3 is 0 Å². The summed E-state index contributed by atoms with van der Waals surface area (Å²) in [6.07, 6.45) is 4.95. The van der Waals surface area contributed by atoms with E-state index in [1.54, 1.807) is 0 Å². The van der Waals surface area contributed by atoms with Gasteiger partial charge in [-0.05, 0) is 73.4 Å². The largest absolute Gasteiger partial charge is 0.388 e. The Labute approximate surface area is 188 Å². The summed E-state index contributed by atoms with van der Waals surface area (Å²) in [6.45, 7) is 1.03. The van der Waals surface area contributed by atoms with Crippen LogP contribution in [-0.4, -0.2) is 17.5 Å². The van der Waals surface area contributed by atoms with Crippen LogP contribution in [-0.2, 0) is 6.54 Å². The Kier molecular flexibility index (Phi) is 5.48. The van der Waals surface area contributed by atoms with E-state index in [1.165, 1.54) is 58.7 Å². The van der Waals surface area contributed by atoms with E-state index in [2.05, 4.69) is 75.7 Å². The molecular formula is C27H30N5+. The summed E-state index contributed by atoms with van der Waals surface area (Å²) >= 11 is 0. The molecule has 5 rings (SSSR count). The molecule has 5 nitrogen and oxygen atoms in total. The van der Waals surface area contributed by atoms with E-state index in [9.17, 15) is 0 Å². The highest BCUT2D eigenvalue weighted by molar-refractivity contribution is 6.11. The molecule has 0 unspecified atom stereocenters. The predicted octanol–water partition coefficient (Wildman–Crippen LogP) is 5.35. The third kappa shape index (κ3) is 3.58. The van der Waals surface area contributed by atoms with Crippen LogP contribution >= 0.6 is 0 Å². The van der Waals surface area contributed by atoms with Crippen LogP contribution in [0.5, 0.6) is 0 Å². The van der Waals surface area contributed by atoms with Crippen LogP contribution in [0.2, 0.25) is 0 Å². The van der Waals surface area contributed by atoms with Crippen molar-refractivity contribution in [2.45, 2.75) is 38.1 Å². The first-order valence-corrected chi connectivity index (χ1v) is 11.5. The number of rotatable bonds is 5. The molecule has 1 heterocycles. The van der Waals surface area contributed by atoms with E-state index in [0.717, 1.165) is 12.1 Å². The second-order valence-electron chi connectivity index (χ2n) is 8.89. The maximum atomic E-state index is 7.99. The minimum Gasteiger partial charge on any atom is -0.388 e. The normalized spacial score (nSPS) is 18.7. The van der Waals surface area contributed by atoms with E-state index in [0.29, 0.717) is 11.8 Å². The quantitative estimate of drug-likeness (QED) is 0.225. The maximum absolute atomic E-state index is 7.99. The van der Waals surface area contributed by atoms with E-state index in [4.69, 9.17) is 10.9 Å². The minimum atomic E-state index is 0.115. The second-order valence-corrected chi connectivity index (χ2v) is 8.89. The van der Waals surface area contributed by atoms with Crippen molar-refractivity contribution in [3.63, 3.8) is 0 Å². The van der Waals surface area contributed by atoms with Gasteiger partial charge in [-0.15, -0.1) is 0 Å². The number of benzene rings is 3. The Morgan fingerprint density at radius 1 is 0.969 bits per heavy atom. The first-order chi connectivity index (χ1) is 15.7. The number of para-hydroxylation sites is 2. The van der Waals surface area contributed by atoms with Gasteiger partial charge in [0.15, 0.2) is 0 Å². The van der Waals surface area contributed by atoms with E-state index in [1.807, 2.05) is 13.1 Å². The first kappa shape index (κ1) is 20.4. The molecule has 1 saturated carbocycles. The summed E-state index contributed by atoms with van der Waals surface area (Å²) < 4.78 is 2.48. The number of aromatic nitrogens is 1. The molecule has 0 amide bonds. The van der Waals surface area contributed by atoms with Gasteiger partial charge in [0.2, 0.25) is 5.84 Å². The van der Waals surface area contributed by atoms with Gasteiger partial charge in [-0.3, -0.25) is 5.41 Å². The van der Waals surface area contributed by atoms with Gasteiger partial charge < -0.3 is 9.88 Å². The Hall–Kier alpha value is -3.47. The lowest BCUT2D eigenvalue weighted by atomic mass is 9.78. The number of hydrogen-bond acceptors (Lipinski definition) is 2. The number of fused-ring (bicyclic) bond motifs is 3. The zero-order valence-electron chi connectivity index (χ0n) is 18.5. The molecule has 1 aliphatic carbocycles. The Morgan fingerprint density at radius 3 is 2.47 bits per heavy atom. The second kappa shape index (κ2) is 8.58. The molecule has 32 heavy (non-hydrogen) atoms. The molecule has 0 radical (unpaired) electrons. The van der Waals surface area contributed by atoms with Crippen molar-refractivity contribution in [2.24, 2.45) is 11.0 Å². The van der Waals surface area contributed by atoms with Gasteiger partial charge in [0.05, 0.1) is 0 Å². The van der Waals surface area contributed by atoms with Crippen molar-refractivity contribution >= 4 is 33.3 Å². The molecule has 162 valence electrons. The van der Waals surface area contributed by atoms with Gasteiger partial charge in [0.1, 0.15) is 0 Å². The SMILES string of the molecule is CNc1ccccc1C1CCC(Cn2c3ccccc3c3cc(C(=N)N=[NH2+])ccc32)CC1. The zero-order chi connectivity index (χ0) is 22.1. The molecule has 1 aliphatic rings. The zero-order valence-corrected chi connectivity index (χ0v) is 18.5. The molecule has 3 aromatic carbocycles. The van der Waals surface area contributed by atoms with Gasteiger partial charge in [0.25, 0.3) is 0 Å². The summed E-state index contributed by atoms with van der Waals surface area (Å²) in [4.78, 5) is 0. The number of amidine groups is 1. The summed E-state index contributed by atoms with van der Waals surface area (Å²) in [5, 5.41) is 17.3. The van der Waals surface area contributed by atoms with Crippen molar-refractivity contribution in [2.75, 3.05) is 12.4 Å². The van der Waals surface area contributed by atoms with Gasteiger partial charge in [0, 0.05) is 51.8 Å². The Balaban J connectivity index is 1.42. The minimum absolute atomic E-state index is 0.115. The molecule has 0 saturated heterocycles. The topological polar surface area (TPSA) is 78.8 Å². The molecule has 0 bridgehead atoms. The van der Waals surface area contributed by atoms with E-state index >= 15 is 0 Å². The fraction of sp³-hybridized carbons (Fsp3) is 0.296. The molecule has 4 N–H and O–H groups in total. The molecule has 0 spiro atoms. The van der Waals surface area contributed by atoms with Crippen molar-refractivity contribution in [1.82, 2.24) is 4.57 Å². The Bertz CT molecular complexity index is 1290. The fourth-order valence-corrected chi connectivity index (χ4v) is 5.47. The summed E-state index contributed by atoms with van der Waals surface area (Å²) in [5.41, 5.74) is 11.3. The highest BCUT2D eigenvalue weighted by Crippen LogP contribution is 2.40. The monoisotopic (exact) mass is 424 g/mol. The Morgan fingerprint density at radius 2 is 1.69 bits per heavy atom. The lowest BCUT2D eigenvalue weighted by Crippen LogP contribution is -2.26. The average Bonchev–Trinajstić information content (AvgIpc) is 3.17. The van der Waals surface area contributed by atoms with Crippen molar-refractivity contribution < 1.29 is 5.53 Å². The molecule has 1 aromatic heterocycles. The maximum Gasteiger partial charge on any atom is 0.218 e.